The van der Waals surface area contributed by atoms with E-state index in [1.165, 1.54) is 95.2 Å². The number of fused-ring (bicyclic) bond motifs is 1. The van der Waals surface area contributed by atoms with Crippen LogP contribution in [-0.4, -0.2) is 35.5 Å². The van der Waals surface area contributed by atoms with Gasteiger partial charge in [-0.2, -0.15) is 16.8 Å². The Balaban J connectivity index is 1.53. The fourth-order valence-corrected chi connectivity index (χ4v) is 6.61. The Bertz CT molecular complexity index is 1450. The second-order valence-corrected chi connectivity index (χ2v) is 13.8. The number of imidazole rings is 1. The number of hydrogen-bond acceptors (Lipinski definition) is 5. The molecule has 10 heteroatoms. The van der Waals surface area contributed by atoms with Gasteiger partial charge < -0.3 is 4.57 Å². The second-order valence-electron chi connectivity index (χ2n) is 11.0. The molecule has 228 valence electrons. The van der Waals surface area contributed by atoms with Gasteiger partial charge in [-0.1, -0.05) is 115 Å². The van der Waals surface area contributed by atoms with Crippen LogP contribution in [0.5, 0.6) is 0 Å². The SMILES string of the molecule is CCCCCCCCCCCCCCCCCc1nc2cc(S(=O)(=O)O)ccc2n1Cc1ccccc1S(=O)(=O)O. The molecule has 0 radical (unpaired) electrons. The van der Waals surface area contributed by atoms with Crippen molar-refractivity contribution in [3.8, 4) is 0 Å². The minimum absolute atomic E-state index is 0.145. The Hall–Kier alpha value is -2.27. The van der Waals surface area contributed by atoms with E-state index in [1.54, 1.807) is 24.3 Å². The molecule has 41 heavy (non-hydrogen) atoms. The molecule has 2 aromatic carbocycles. The fourth-order valence-electron chi connectivity index (χ4n) is 5.40. The average Bonchev–Trinajstić information content (AvgIpc) is 3.26. The van der Waals surface area contributed by atoms with Crippen molar-refractivity contribution in [2.24, 2.45) is 0 Å². The third-order valence-electron chi connectivity index (χ3n) is 7.68. The van der Waals surface area contributed by atoms with Crippen LogP contribution in [0.25, 0.3) is 11.0 Å². The van der Waals surface area contributed by atoms with Crippen LogP contribution in [0.1, 0.15) is 115 Å². The molecule has 1 heterocycles. The highest BCUT2D eigenvalue weighted by Gasteiger charge is 2.19. The number of nitrogens with zero attached hydrogens (tertiary/aromatic N) is 2. The molecule has 3 rings (SSSR count). The first-order chi connectivity index (χ1) is 19.6. The fraction of sp³-hybridized carbons (Fsp3) is 0.581. The summed E-state index contributed by atoms with van der Waals surface area (Å²) >= 11 is 0. The summed E-state index contributed by atoms with van der Waals surface area (Å²) in [5, 5.41) is 0. The molecule has 1 aromatic heterocycles. The predicted molar refractivity (Wildman–Crippen MR) is 164 cm³/mol. The van der Waals surface area contributed by atoms with Crippen LogP contribution in [0.15, 0.2) is 52.3 Å². The van der Waals surface area contributed by atoms with Crippen molar-refractivity contribution >= 4 is 31.3 Å². The van der Waals surface area contributed by atoms with Gasteiger partial charge in [0.05, 0.1) is 27.4 Å². The van der Waals surface area contributed by atoms with E-state index >= 15 is 0 Å². The van der Waals surface area contributed by atoms with Gasteiger partial charge in [0.1, 0.15) is 5.82 Å². The van der Waals surface area contributed by atoms with Crippen LogP contribution in [-0.2, 0) is 33.2 Å². The highest BCUT2D eigenvalue weighted by Crippen LogP contribution is 2.25. The van der Waals surface area contributed by atoms with Gasteiger partial charge in [0.25, 0.3) is 20.2 Å². The van der Waals surface area contributed by atoms with E-state index in [2.05, 4.69) is 11.9 Å². The monoisotopic (exact) mass is 606 g/mol. The van der Waals surface area contributed by atoms with Gasteiger partial charge in [-0.05, 0) is 36.2 Å². The third-order valence-corrected chi connectivity index (χ3v) is 9.48. The highest BCUT2D eigenvalue weighted by atomic mass is 32.2. The number of rotatable bonds is 20. The molecule has 0 aliphatic carbocycles. The normalized spacial score (nSPS) is 12.4. The largest absolute Gasteiger partial charge is 0.323 e. The minimum atomic E-state index is -4.42. The molecule has 0 amide bonds. The van der Waals surface area contributed by atoms with Crippen LogP contribution in [0.2, 0.25) is 0 Å². The van der Waals surface area contributed by atoms with Crippen LogP contribution in [0.3, 0.4) is 0 Å². The standard InChI is InChI=1S/C31H46N2O6S2/c1-2-3-4-5-6-7-8-9-10-11-12-13-14-15-16-21-31-32-28-24-27(40(34,35)36)22-23-29(28)33(31)25-26-19-17-18-20-30(26)41(37,38)39/h17-20,22-24H,2-16,21,25H2,1H3,(H,34,35,36)(H,37,38,39). The number of hydrogen-bond donors (Lipinski definition) is 2. The first kappa shape index (κ1) is 33.2. The number of aryl methyl sites for hydroxylation is 1. The second kappa shape index (κ2) is 16.4. The molecule has 0 aliphatic heterocycles. The number of unbranched alkanes of at least 4 members (excludes halogenated alkanes) is 14. The van der Waals surface area contributed by atoms with Gasteiger partial charge in [-0.3, -0.25) is 9.11 Å². The summed E-state index contributed by atoms with van der Waals surface area (Å²) in [6, 6.07) is 10.4. The quantitative estimate of drug-likeness (QED) is 0.0985. The molecule has 8 nitrogen and oxygen atoms in total. The van der Waals surface area contributed by atoms with E-state index in [9.17, 15) is 25.9 Å². The van der Waals surface area contributed by atoms with Crippen molar-refractivity contribution in [2.45, 2.75) is 126 Å². The lowest BCUT2D eigenvalue weighted by atomic mass is 10.0. The molecule has 0 aliphatic rings. The number of aromatic nitrogens is 2. The Kier molecular flexibility index (Phi) is 13.3. The number of benzene rings is 2. The lowest BCUT2D eigenvalue weighted by Crippen LogP contribution is -2.10. The lowest BCUT2D eigenvalue weighted by Gasteiger charge is -2.12. The third kappa shape index (κ3) is 10.8. The lowest BCUT2D eigenvalue weighted by molar-refractivity contribution is 0.480. The van der Waals surface area contributed by atoms with E-state index < -0.39 is 20.2 Å². The maximum Gasteiger partial charge on any atom is 0.294 e. The minimum Gasteiger partial charge on any atom is -0.323 e. The van der Waals surface area contributed by atoms with E-state index in [1.807, 2.05) is 4.57 Å². The Morgan fingerprint density at radius 3 is 1.76 bits per heavy atom. The summed E-state index contributed by atoms with van der Waals surface area (Å²) < 4.78 is 68.3. The molecule has 0 unspecified atom stereocenters. The molecule has 0 bridgehead atoms. The summed E-state index contributed by atoms with van der Waals surface area (Å²) in [6.45, 7) is 2.40. The van der Waals surface area contributed by atoms with Crippen molar-refractivity contribution in [1.29, 1.82) is 0 Å². The molecule has 0 saturated heterocycles. The van der Waals surface area contributed by atoms with E-state index in [0.29, 0.717) is 28.8 Å². The van der Waals surface area contributed by atoms with Gasteiger partial charge in [0.15, 0.2) is 0 Å². The zero-order valence-electron chi connectivity index (χ0n) is 24.3. The molecular formula is C31H46N2O6S2. The summed E-state index contributed by atoms with van der Waals surface area (Å²) in [7, 11) is -8.81. The summed E-state index contributed by atoms with van der Waals surface area (Å²) in [4.78, 5) is 4.24. The maximum absolute atomic E-state index is 12.0. The van der Waals surface area contributed by atoms with Gasteiger partial charge in [-0.25, -0.2) is 4.98 Å². The Morgan fingerprint density at radius 1 is 0.683 bits per heavy atom. The summed E-state index contributed by atoms with van der Waals surface area (Å²) in [5.74, 6) is 0.701. The molecule has 0 atom stereocenters. The molecule has 0 fully saturated rings. The van der Waals surface area contributed by atoms with Gasteiger partial charge >= 0.3 is 0 Å². The Labute approximate surface area is 246 Å². The zero-order chi connectivity index (χ0) is 29.7. The molecule has 0 saturated carbocycles. The van der Waals surface area contributed by atoms with Crippen molar-refractivity contribution in [3.63, 3.8) is 0 Å². The van der Waals surface area contributed by atoms with Crippen LogP contribution in [0, 0.1) is 0 Å². The summed E-state index contributed by atoms with van der Waals surface area (Å²) in [5.41, 5.74) is 1.44. The Morgan fingerprint density at radius 2 is 1.22 bits per heavy atom. The van der Waals surface area contributed by atoms with Crippen molar-refractivity contribution in [2.75, 3.05) is 0 Å². The maximum atomic E-state index is 12.0. The van der Waals surface area contributed by atoms with Gasteiger partial charge in [0.2, 0.25) is 0 Å². The van der Waals surface area contributed by atoms with Crippen LogP contribution >= 0.6 is 0 Å². The van der Waals surface area contributed by atoms with Crippen LogP contribution < -0.4 is 0 Å². The summed E-state index contributed by atoms with van der Waals surface area (Å²) in [6.07, 6.45) is 19.6. The molecule has 3 aromatic rings. The van der Waals surface area contributed by atoms with E-state index in [-0.39, 0.29) is 16.3 Å². The topological polar surface area (TPSA) is 127 Å². The first-order valence-electron chi connectivity index (χ1n) is 15.1. The molecular weight excluding hydrogens is 560 g/mol. The first-order valence-corrected chi connectivity index (χ1v) is 18.0. The van der Waals surface area contributed by atoms with E-state index in [4.69, 9.17) is 0 Å². The molecule has 2 N–H and O–H groups in total. The van der Waals surface area contributed by atoms with E-state index in [0.717, 1.165) is 19.3 Å². The van der Waals surface area contributed by atoms with Crippen molar-refractivity contribution in [3.05, 3.63) is 53.9 Å². The van der Waals surface area contributed by atoms with Crippen molar-refractivity contribution in [1.82, 2.24) is 9.55 Å². The van der Waals surface area contributed by atoms with Crippen molar-refractivity contribution < 1.29 is 25.9 Å². The smallest absolute Gasteiger partial charge is 0.294 e. The highest BCUT2D eigenvalue weighted by molar-refractivity contribution is 7.86. The van der Waals surface area contributed by atoms with Crippen LogP contribution in [0.4, 0.5) is 0 Å². The molecule has 0 spiro atoms. The predicted octanol–water partition coefficient (Wildman–Crippen LogP) is 7.99. The van der Waals surface area contributed by atoms with Gasteiger partial charge in [-0.15, -0.1) is 0 Å². The average molecular weight is 607 g/mol. The zero-order valence-corrected chi connectivity index (χ0v) is 25.9. The van der Waals surface area contributed by atoms with Gasteiger partial charge in [0, 0.05) is 6.42 Å².